The van der Waals surface area contributed by atoms with Gasteiger partial charge in [0.2, 0.25) is 0 Å². The molecule has 1 aliphatic carbocycles. The summed E-state index contributed by atoms with van der Waals surface area (Å²) in [6.07, 6.45) is 3.97. The van der Waals surface area contributed by atoms with E-state index in [1.807, 2.05) is 11.8 Å². The van der Waals surface area contributed by atoms with Gasteiger partial charge in [-0.05, 0) is 49.7 Å². The van der Waals surface area contributed by atoms with Gasteiger partial charge in [-0.25, -0.2) is 0 Å². The van der Waals surface area contributed by atoms with Gasteiger partial charge in [0.25, 0.3) is 0 Å². The quantitative estimate of drug-likeness (QED) is 0.489. The van der Waals surface area contributed by atoms with Crippen LogP contribution in [0.25, 0.3) is 0 Å². The highest BCUT2D eigenvalue weighted by Gasteiger charge is 2.29. The van der Waals surface area contributed by atoms with Gasteiger partial charge in [0, 0.05) is 16.7 Å². The van der Waals surface area contributed by atoms with Crippen molar-refractivity contribution in [3.8, 4) is 0 Å². The molecule has 0 aliphatic heterocycles. The third kappa shape index (κ3) is 4.24. The lowest BCUT2D eigenvalue weighted by Gasteiger charge is -2.36. The van der Waals surface area contributed by atoms with Crippen LogP contribution in [0.1, 0.15) is 38.7 Å². The van der Waals surface area contributed by atoms with Crippen molar-refractivity contribution in [2.75, 3.05) is 5.75 Å². The van der Waals surface area contributed by atoms with Gasteiger partial charge in [-0.2, -0.15) is 0 Å². The summed E-state index contributed by atoms with van der Waals surface area (Å²) in [5.74, 6) is 9.29. The average Bonchev–Trinajstić information content (AvgIpc) is 2.45. The first kappa shape index (κ1) is 15.9. The molecule has 1 aromatic rings. The van der Waals surface area contributed by atoms with Crippen LogP contribution in [0.5, 0.6) is 0 Å². The van der Waals surface area contributed by atoms with E-state index in [0.29, 0.717) is 6.04 Å². The molecule has 0 saturated heterocycles. The first-order valence-corrected chi connectivity index (χ1v) is 8.74. The normalized spacial score (nSPS) is 28.3. The van der Waals surface area contributed by atoms with Crippen LogP contribution in [0.4, 0.5) is 0 Å². The second-order valence-corrected chi connectivity index (χ2v) is 7.52. The molecule has 1 aromatic carbocycles. The van der Waals surface area contributed by atoms with Gasteiger partial charge in [0.15, 0.2) is 0 Å². The second kappa shape index (κ2) is 7.48. The standard InChI is InChI=1S/C17H28N2S/c1-12-4-8-16(9-5-12)20-11-17(19-18)15-7-6-13(2)14(3)10-15/h4-5,8-9,13-15,17,19H,6-7,10-11,18H2,1-3H3. The topological polar surface area (TPSA) is 38.0 Å². The highest BCUT2D eigenvalue weighted by Crippen LogP contribution is 2.36. The molecule has 1 aliphatic rings. The molecule has 0 heterocycles. The fourth-order valence-electron chi connectivity index (χ4n) is 3.10. The molecule has 2 rings (SSSR count). The van der Waals surface area contributed by atoms with Crippen molar-refractivity contribution in [3.63, 3.8) is 0 Å². The number of nitrogens with one attached hydrogen (secondary N) is 1. The summed E-state index contributed by atoms with van der Waals surface area (Å²) < 4.78 is 0. The molecule has 0 spiro atoms. The Hall–Kier alpha value is -0.510. The summed E-state index contributed by atoms with van der Waals surface area (Å²) in [6.45, 7) is 6.90. The Balaban J connectivity index is 1.87. The van der Waals surface area contributed by atoms with Crippen LogP contribution in [0.3, 0.4) is 0 Å². The Bertz CT molecular complexity index is 404. The highest BCUT2D eigenvalue weighted by atomic mass is 32.2. The molecule has 0 amide bonds. The first-order chi connectivity index (χ1) is 9.60. The first-order valence-electron chi connectivity index (χ1n) is 7.75. The Kier molecular flexibility index (Phi) is 5.94. The van der Waals surface area contributed by atoms with Crippen LogP contribution in [-0.2, 0) is 0 Å². The number of thioether (sulfide) groups is 1. The van der Waals surface area contributed by atoms with Crippen molar-refractivity contribution in [2.45, 2.75) is 51.0 Å². The van der Waals surface area contributed by atoms with E-state index < -0.39 is 0 Å². The van der Waals surface area contributed by atoms with Gasteiger partial charge in [0.05, 0.1) is 0 Å². The van der Waals surface area contributed by atoms with Gasteiger partial charge in [-0.1, -0.05) is 38.0 Å². The molecule has 112 valence electrons. The van der Waals surface area contributed by atoms with Gasteiger partial charge >= 0.3 is 0 Å². The third-order valence-corrected chi connectivity index (χ3v) is 6.00. The molecule has 3 heteroatoms. The van der Waals surface area contributed by atoms with Gasteiger partial charge in [-0.15, -0.1) is 11.8 Å². The molecular formula is C17H28N2S. The molecule has 0 radical (unpaired) electrons. The van der Waals surface area contributed by atoms with E-state index in [-0.39, 0.29) is 0 Å². The predicted octanol–water partition coefficient (Wildman–Crippen LogP) is 3.99. The van der Waals surface area contributed by atoms with E-state index >= 15 is 0 Å². The van der Waals surface area contributed by atoms with Crippen molar-refractivity contribution < 1.29 is 0 Å². The van der Waals surface area contributed by atoms with Crippen molar-refractivity contribution >= 4 is 11.8 Å². The lowest BCUT2D eigenvalue weighted by Crippen LogP contribution is -2.45. The second-order valence-electron chi connectivity index (χ2n) is 6.42. The van der Waals surface area contributed by atoms with Crippen LogP contribution < -0.4 is 11.3 Å². The van der Waals surface area contributed by atoms with Crippen LogP contribution in [0.2, 0.25) is 0 Å². The summed E-state index contributed by atoms with van der Waals surface area (Å²) in [5.41, 5.74) is 4.39. The number of benzene rings is 1. The summed E-state index contributed by atoms with van der Waals surface area (Å²) in [5, 5.41) is 0. The molecule has 0 aromatic heterocycles. The zero-order valence-corrected chi connectivity index (χ0v) is 13.7. The number of aryl methyl sites for hydroxylation is 1. The molecule has 20 heavy (non-hydrogen) atoms. The zero-order valence-electron chi connectivity index (χ0n) is 12.9. The molecular weight excluding hydrogens is 264 g/mol. The number of rotatable bonds is 5. The maximum atomic E-state index is 5.81. The van der Waals surface area contributed by atoms with Crippen LogP contribution in [0, 0.1) is 24.7 Å². The fraction of sp³-hybridized carbons (Fsp3) is 0.647. The van der Waals surface area contributed by atoms with Crippen molar-refractivity contribution in [2.24, 2.45) is 23.6 Å². The zero-order chi connectivity index (χ0) is 14.5. The maximum absolute atomic E-state index is 5.81. The van der Waals surface area contributed by atoms with Crippen molar-refractivity contribution in [3.05, 3.63) is 29.8 Å². The maximum Gasteiger partial charge on any atom is 0.0332 e. The minimum Gasteiger partial charge on any atom is -0.271 e. The highest BCUT2D eigenvalue weighted by molar-refractivity contribution is 7.99. The molecule has 4 unspecified atom stereocenters. The Morgan fingerprint density at radius 2 is 1.90 bits per heavy atom. The number of hydrogen-bond acceptors (Lipinski definition) is 3. The van der Waals surface area contributed by atoms with Crippen LogP contribution in [0.15, 0.2) is 29.2 Å². The van der Waals surface area contributed by atoms with Gasteiger partial charge in [-0.3, -0.25) is 11.3 Å². The summed E-state index contributed by atoms with van der Waals surface area (Å²) in [7, 11) is 0. The average molecular weight is 292 g/mol. The number of hydrogen-bond donors (Lipinski definition) is 2. The van der Waals surface area contributed by atoms with E-state index in [4.69, 9.17) is 5.84 Å². The van der Waals surface area contributed by atoms with Crippen molar-refractivity contribution in [1.82, 2.24) is 5.43 Å². The van der Waals surface area contributed by atoms with E-state index in [9.17, 15) is 0 Å². The molecule has 2 nitrogen and oxygen atoms in total. The van der Waals surface area contributed by atoms with E-state index in [2.05, 4.69) is 50.5 Å². The molecule has 3 N–H and O–H groups in total. The number of hydrazine groups is 1. The molecule has 1 saturated carbocycles. The predicted molar refractivity (Wildman–Crippen MR) is 88.7 cm³/mol. The van der Waals surface area contributed by atoms with Gasteiger partial charge in [0.1, 0.15) is 0 Å². The number of nitrogens with two attached hydrogens (primary N) is 1. The monoisotopic (exact) mass is 292 g/mol. The minimum absolute atomic E-state index is 0.427. The Morgan fingerprint density at radius 3 is 2.50 bits per heavy atom. The minimum atomic E-state index is 0.427. The lowest BCUT2D eigenvalue weighted by molar-refractivity contribution is 0.179. The van der Waals surface area contributed by atoms with E-state index in [1.165, 1.54) is 29.7 Å². The third-order valence-electron chi connectivity index (χ3n) is 4.87. The van der Waals surface area contributed by atoms with Crippen molar-refractivity contribution in [1.29, 1.82) is 0 Å². The summed E-state index contributed by atoms with van der Waals surface area (Å²) in [4.78, 5) is 1.34. The van der Waals surface area contributed by atoms with E-state index in [0.717, 1.165) is 23.5 Å². The summed E-state index contributed by atoms with van der Waals surface area (Å²) in [6, 6.07) is 9.20. The molecule has 0 bridgehead atoms. The van der Waals surface area contributed by atoms with E-state index in [1.54, 1.807) is 0 Å². The lowest BCUT2D eigenvalue weighted by atomic mass is 9.73. The Morgan fingerprint density at radius 1 is 1.20 bits per heavy atom. The van der Waals surface area contributed by atoms with Crippen LogP contribution >= 0.6 is 11.8 Å². The summed E-state index contributed by atoms with van der Waals surface area (Å²) >= 11 is 1.91. The largest absolute Gasteiger partial charge is 0.271 e. The Labute approximate surface area is 127 Å². The van der Waals surface area contributed by atoms with Crippen LogP contribution in [-0.4, -0.2) is 11.8 Å². The SMILES string of the molecule is Cc1ccc(SCC(NN)C2CCC(C)C(C)C2)cc1. The molecule has 1 fully saturated rings. The smallest absolute Gasteiger partial charge is 0.0332 e. The fourth-order valence-corrected chi connectivity index (χ4v) is 4.16. The van der Waals surface area contributed by atoms with Gasteiger partial charge < -0.3 is 0 Å². The molecule has 4 atom stereocenters.